The molecule has 1 aromatic rings. The van der Waals surface area contributed by atoms with E-state index in [9.17, 15) is 9.59 Å². The third-order valence-electron chi connectivity index (χ3n) is 5.05. The lowest BCUT2D eigenvalue weighted by Gasteiger charge is -2.28. The van der Waals surface area contributed by atoms with Crippen molar-refractivity contribution in [1.29, 1.82) is 5.41 Å². The van der Waals surface area contributed by atoms with Crippen molar-refractivity contribution in [2.24, 2.45) is 17.4 Å². The maximum Gasteiger partial charge on any atom is 0.243 e. The van der Waals surface area contributed by atoms with Crippen LogP contribution >= 0.6 is 0 Å². The predicted octanol–water partition coefficient (Wildman–Crippen LogP) is 0.951. The Bertz CT molecular complexity index is 679. The molecule has 2 amide bonds. The number of benzene rings is 1. The van der Waals surface area contributed by atoms with Gasteiger partial charge < -0.3 is 21.7 Å². The molecule has 1 aliphatic rings. The number of likely N-dealkylation sites (tertiary alicyclic amines) is 1. The number of amides is 2. The molecule has 6 N–H and O–H groups in total. The molecule has 0 radical (unpaired) electrons. The second-order valence-corrected chi connectivity index (χ2v) is 6.88. The van der Waals surface area contributed by atoms with Gasteiger partial charge in [-0.2, -0.15) is 0 Å². The highest BCUT2D eigenvalue weighted by molar-refractivity contribution is 5.95. The fourth-order valence-corrected chi connectivity index (χ4v) is 3.07. The fourth-order valence-electron chi connectivity index (χ4n) is 3.07. The van der Waals surface area contributed by atoms with Crippen LogP contribution in [0.25, 0.3) is 0 Å². The Morgan fingerprint density at radius 1 is 1.42 bits per heavy atom. The Morgan fingerprint density at radius 3 is 2.69 bits per heavy atom. The van der Waals surface area contributed by atoms with Crippen LogP contribution in [-0.4, -0.2) is 41.2 Å². The van der Waals surface area contributed by atoms with Gasteiger partial charge in [-0.05, 0) is 24.3 Å². The molecule has 1 fully saturated rings. The molecule has 0 saturated carbocycles. The molecule has 1 saturated heterocycles. The summed E-state index contributed by atoms with van der Waals surface area (Å²) in [6.45, 7) is 4.80. The van der Waals surface area contributed by atoms with Crippen LogP contribution in [-0.2, 0) is 16.1 Å². The summed E-state index contributed by atoms with van der Waals surface area (Å²) in [5.41, 5.74) is 9.33. The van der Waals surface area contributed by atoms with E-state index >= 15 is 0 Å². The van der Waals surface area contributed by atoms with Gasteiger partial charge in [0.2, 0.25) is 11.8 Å². The first-order chi connectivity index (χ1) is 12.9. The number of hydrogen-bond acceptors (Lipinski definition) is 4. The van der Waals surface area contributed by atoms with E-state index in [1.165, 1.54) is 0 Å². The lowest BCUT2D eigenvalue weighted by atomic mass is 9.98. The second-order valence-electron chi connectivity index (χ2n) is 6.88. The first kappa shape index (κ1) is 18.4. The van der Waals surface area contributed by atoms with Crippen molar-refractivity contribution in [3.63, 3.8) is 0 Å². The van der Waals surface area contributed by atoms with E-state index < -0.39 is 12.1 Å². The zero-order chi connectivity index (χ0) is 20.0. The van der Waals surface area contributed by atoms with Crippen LogP contribution in [0.1, 0.15) is 44.2 Å². The average molecular weight is 361 g/mol. The van der Waals surface area contributed by atoms with Crippen molar-refractivity contribution in [2.75, 3.05) is 6.54 Å². The normalized spacial score (nSPS) is 19.5. The Morgan fingerprint density at radius 2 is 2.12 bits per heavy atom. The Kier molecular flexibility index (Phi) is 6.22. The minimum atomic E-state index is -0.595. The fraction of sp³-hybridized carbons (Fsp3) is 0.526. The summed E-state index contributed by atoms with van der Waals surface area (Å²) in [5, 5.41) is 10.3. The summed E-state index contributed by atoms with van der Waals surface area (Å²) in [6.07, 6.45) is 2.19. The third-order valence-corrected chi connectivity index (χ3v) is 5.05. The molecule has 0 aliphatic carbocycles. The highest BCUT2D eigenvalue weighted by Gasteiger charge is 2.37. The molecule has 7 nitrogen and oxygen atoms in total. The zero-order valence-corrected chi connectivity index (χ0v) is 15.4. The first-order valence-electron chi connectivity index (χ1n) is 9.57. The molecule has 0 spiro atoms. The van der Waals surface area contributed by atoms with Gasteiger partial charge in [-0.1, -0.05) is 44.5 Å². The SMILES string of the molecule is [3H]NC(C(=O)N1CCC[C@H]1C(=O)NCc1ccc(C(=N)N)cc1)C(C)CC. The molecule has 142 valence electrons. The molecule has 7 heteroatoms. The van der Waals surface area contributed by atoms with E-state index in [0.717, 1.165) is 18.4 Å². The zero-order valence-electron chi connectivity index (χ0n) is 16.4. The van der Waals surface area contributed by atoms with Gasteiger partial charge >= 0.3 is 0 Å². The number of rotatable bonds is 8. The van der Waals surface area contributed by atoms with E-state index in [1.807, 2.05) is 26.0 Å². The molecule has 26 heavy (non-hydrogen) atoms. The maximum atomic E-state index is 12.8. The van der Waals surface area contributed by atoms with Crippen LogP contribution in [0.5, 0.6) is 0 Å². The minimum Gasteiger partial charge on any atom is -0.384 e. The number of nitrogens with two attached hydrogens (primary N) is 2. The van der Waals surface area contributed by atoms with Crippen molar-refractivity contribution in [1.82, 2.24) is 10.2 Å². The van der Waals surface area contributed by atoms with Crippen molar-refractivity contribution in [3.8, 4) is 0 Å². The minimum absolute atomic E-state index is 0.00422. The predicted molar refractivity (Wildman–Crippen MR) is 101 cm³/mol. The number of amidine groups is 1. The maximum absolute atomic E-state index is 12.8. The topological polar surface area (TPSA) is 125 Å². The van der Waals surface area contributed by atoms with Crippen molar-refractivity contribution in [3.05, 3.63) is 35.4 Å². The number of hydrogen-bond donors (Lipinski definition) is 4. The molecule has 0 aromatic heterocycles. The summed E-state index contributed by atoms with van der Waals surface area (Å²) < 4.78 is 7.48. The standard InChI is InChI=1S/C19H29N5O2/c1-3-12(2)16(20)19(26)24-10-4-5-15(24)18(25)23-11-13-6-8-14(9-7-13)17(21)22/h6-9,12,15-16H,3-5,10-11,20H2,1-2H3,(H3,21,22)(H,23,25)/t12?,15-,16?/m0/s1/i/hT. The van der Waals surface area contributed by atoms with Crippen LogP contribution in [0.3, 0.4) is 0 Å². The van der Waals surface area contributed by atoms with Crippen molar-refractivity contribution in [2.45, 2.75) is 51.7 Å². The Hall–Kier alpha value is -2.41. The van der Waals surface area contributed by atoms with E-state index in [4.69, 9.17) is 12.6 Å². The molecule has 0 bridgehead atoms. The van der Waals surface area contributed by atoms with Crippen molar-refractivity contribution >= 4 is 17.6 Å². The van der Waals surface area contributed by atoms with Crippen LogP contribution in [0, 0.1) is 11.3 Å². The molecule has 1 heterocycles. The molecule has 2 rings (SSSR count). The average Bonchev–Trinajstić information content (AvgIpc) is 3.16. The van der Waals surface area contributed by atoms with Crippen molar-refractivity contribution < 1.29 is 11.0 Å². The van der Waals surface area contributed by atoms with Gasteiger partial charge in [-0.15, -0.1) is 0 Å². The lowest BCUT2D eigenvalue weighted by Crippen LogP contribution is -2.52. The number of nitrogens with one attached hydrogen (secondary N) is 2. The smallest absolute Gasteiger partial charge is 0.243 e. The highest BCUT2D eigenvalue weighted by atomic mass is 16.2. The molecular weight excluding hydrogens is 330 g/mol. The summed E-state index contributed by atoms with van der Waals surface area (Å²) in [7, 11) is 0. The number of nitrogens with zero attached hydrogens (tertiary/aromatic N) is 1. The van der Waals surface area contributed by atoms with Gasteiger partial charge in [0.1, 0.15) is 13.3 Å². The van der Waals surface area contributed by atoms with E-state index in [2.05, 4.69) is 11.0 Å². The lowest BCUT2D eigenvalue weighted by molar-refractivity contribution is -0.140. The largest absolute Gasteiger partial charge is 0.384 e. The summed E-state index contributed by atoms with van der Waals surface area (Å²) >= 11 is 0. The summed E-state index contributed by atoms with van der Waals surface area (Å²) in [6, 6.07) is 6.03. The monoisotopic (exact) mass is 361 g/mol. The number of carbonyl (C=O) groups excluding carboxylic acids is 2. The number of carbonyl (C=O) groups is 2. The molecule has 1 aromatic carbocycles. The third kappa shape index (κ3) is 4.60. The molecular formula is C19H29N5O2. The van der Waals surface area contributed by atoms with Crippen LogP contribution in [0.4, 0.5) is 0 Å². The van der Waals surface area contributed by atoms with Gasteiger partial charge in [-0.3, -0.25) is 15.0 Å². The van der Waals surface area contributed by atoms with Crippen LogP contribution in [0.2, 0.25) is 1.41 Å². The molecule has 3 atom stereocenters. The first-order valence-corrected chi connectivity index (χ1v) is 9.07. The molecule has 2 unspecified atom stereocenters. The van der Waals surface area contributed by atoms with Gasteiger partial charge in [-0.25, -0.2) is 0 Å². The molecule has 1 aliphatic heterocycles. The Balaban J connectivity index is 1.98. The van der Waals surface area contributed by atoms with E-state index in [1.54, 1.807) is 17.0 Å². The van der Waals surface area contributed by atoms with E-state index in [-0.39, 0.29) is 23.6 Å². The van der Waals surface area contributed by atoms with Crippen LogP contribution < -0.4 is 16.8 Å². The van der Waals surface area contributed by atoms with Gasteiger partial charge in [0.05, 0.1) is 6.04 Å². The quantitative estimate of drug-likeness (QED) is 0.406. The van der Waals surface area contributed by atoms with Gasteiger partial charge in [0.25, 0.3) is 0 Å². The van der Waals surface area contributed by atoms with Gasteiger partial charge in [0.15, 0.2) is 0 Å². The number of nitrogen functional groups attached to an aromatic ring is 1. The second kappa shape index (κ2) is 8.80. The summed E-state index contributed by atoms with van der Waals surface area (Å²) in [5.74, 6) is -0.323. The summed E-state index contributed by atoms with van der Waals surface area (Å²) in [4.78, 5) is 27.0. The Labute approximate surface area is 156 Å². The highest BCUT2D eigenvalue weighted by Crippen LogP contribution is 2.20. The van der Waals surface area contributed by atoms with Crippen LogP contribution in [0.15, 0.2) is 24.3 Å². The van der Waals surface area contributed by atoms with Gasteiger partial charge in [0, 0.05) is 18.7 Å². The van der Waals surface area contributed by atoms with E-state index in [0.29, 0.717) is 25.1 Å².